The molecule has 0 saturated carbocycles. The van der Waals surface area contributed by atoms with E-state index in [9.17, 15) is 9.59 Å². The van der Waals surface area contributed by atoms with Crippen molar-refractivity contribution >= 4 is 27.5 Å². The van der Waals surface area contributed by atoms with Gasteiger partial charge in [0.2, 0.25) is 0 Å². The first-order valence-electron chi connectivity index (χ1n) is 13.7. The molecule has 3 aliphatic rings. The SMILES string of the molecule is COCCN1C2=C(C(=O)CC(C)(C)C2)C(c2ccc(OCc3ccc(Br)cc3)cc2)C2=C1CC(C)(C)CC2=O. The standard InChI is InChI=1S/C33H38BrNO4/c1-32(2)16-25-30(27(36)18-32)29(31-26(35(25)14-15-38-5)17-33(3,4)19-28(31)37)22-8-12-24(13-9-22)39-20-21-6-10-23(34)11-7-21/h6-13,29H,14-20H2,1-5H3. The minimum atomic E-state index is -0.346. The Balaban J connectivity index is 1.55. The molecule has 0 unspecified atom stereocenters. The predicted octanol–water partition coefficient (Wildman–Crippen LogP) is 7.36. The van der Waals surface area contributed by atoms with Gasteiger partial charge >= 0.3 is 0 Å². The van der Waals surface area contributed by atoms with Crippen LogP contribution in [0, 0.1) is 10.8 Å². The number of methoxy groups -OCH3 is 1. The molecule has 0 saturated heterocycles. The van der Waals surface area contributed by atoms with Crippen LogP contribution in [0.25, 0.3) is 0 Å². The first kappa shape index (κ1) is 27.9. The molecule has 0 atom stereocenters. The van der Waals surface area contributed by atoms with Crippen molar-refractivity contribution in [3.05, 3.63) is 86.7 Å². The largest absolute Gasteiger partial charge is 0.489 e. The highest BCUT2D eigenvalue weighted by Gasteiger charge is 2.48. The van der Waals surface area contributed by atoms with Crippen LogP contribution in [0.1, 0.15) is 70.4 Å². The Bertz CT molecular complexity index is 1280. The summed E-state index contributed by atoms with van der Waals surface area (Å²) in [5.74, 6) is 0.707. The fourth-order valence-electron chi connectivity index (χ4n) is 6.34. The van der Waals surface area contributed by atoms with Crippen molar-refractivity contribution in [2.45, 2.75) is 65.9 Å². The zero-order valence-electron chi connectivity index (χ0n) is 23.6. The van der Waals surface area contributed by atoms with Gasteiger partial charge in [-0.25, -0.2) is 0 Å². The molecule has 6 heteroatoms. The summed E-state index contributed by atoms with van der Waals surface area (Å²) in [5.41, 5.74) is 5.50. The Morgan fingerprint density at radius 2 is 1.36 bits per heavy atom. The van der Waals surface area contributed by atoms with Gasteiger partial charge in [-0.2, -0.15) is 0 Å². The molecule has 2 aliphatic carbocycles. The quantitative estimate of drug-likeness (QED) is 0.336. The third-order valence-corrected chi connectivity index (χ3v) is 8.60. The fourth-order valence-corrected chi connectivity index (χ4v) is 6.60. The van der Waals surface area contributed by atoms with Crippen LogP contribution in [0.15, 0.2) is 75.5 Å². The van der Waals surface area contributed by atoms with Crippen molar-refractivity contribution in [3.8, 4) is 5.75 Å². The van der Waals surface area contributed by atoms with Crippen LogP contribution in [-0.2, 0) is 20.9 Å². The number of halogens is 1. The summed E-state index contributed by atoms with van der Waals surface area (Å²) in [4.78, 5) is 29.9. The van der Waals surface area contributed by atoms with Crippen molar-refractivity contribution in [2.24, 2.45) is 10.8 Å². The summed E-state index contributed by atoms with van der Waals surface area (Å²) in [7, 11) is 1.70. The van der Waals surface area contributed by atoms with Gasteiger partial charge in [-0.05, 0) is 59.1 Å². The number of ether oxygens (including phenoxy) is 2. The maximum atomic E-state index is 13.8. The number of ketones is 2. The van der Waals surface area contributed by atoms with E-state index in [1.807, 2.05) is 48.5 Å². The number of carbonyl (C=O) groups is 2. The molecule has 0 spiro atoms. The summed E-state index contributed by atoms with van der Waals surface area (Å²) in [5, 5.41) is 0. The number of Topliss-reactive ketones (excluding diaryl/α,β-unsaturated/α-hetero) is 2. The van der Waals surface area contributed by atoms with Crippen LogP contribution in [0.3, 0.4) is 0 Å². The third-order valence-electron chi connectivity index (χ3n) is 8.07. The van der Waals surface area contributed by atoms with Crippen molar-refractivity contribution in [2.75, 3.05) is 20.3 Å². The van der Waals surface area contributed by atoms with Gasteiger partial charge in [0.15, 0.2) is 11.6 Å². The maximum Gasteiger partial charge on any atom is 0.162 e. The summed E-state index contributed by atoms with van der Waals surface area (Å²) in [6.07, 6.45) is 2.57. The molecule has 0 N–H and O–H groups in total. The number of nitrogens with zero attached hydrogens (tertiary/aromatic N) is 1. The lowest BCUT2D eigenvalue weighted by Crippen LogP contribution is -2.45. The molecule has 1 heterocycles. The molecule has 5 rings (SSSR count). The summed E-state index contributed by atoms with van der Waals surface area (Å²) >= 11 is 3.47. The summed E-state index contributed by atoms with van der Waals surface area (Å²) in [6, 6.07) is 16.0. The molecule has 0 radical (unpaired) electrons. The van der Waals surface area contributed by atoms with Crippen molar-refractivity contribution in [3.63, 3.8) is 0 Å². The van der Waals surface area contributed by atoms with Crippen molar-refractivity contribution < 1.29 is 19.1 Å². The molecular formula is C33H38BrNO4. The molecule has 2 aromatic carbocycles. The first-order valence-corrected chi connectivity index (χ1v) is 14.5. The topological polar surface area (TPSA) is 55.8 Å². The molecule has 0 bridgehead atoms. The van der Waals surface area contributed by atoms with Gasteiger partial charge in [-0.15, -0.1) is 0 Å². The van der Waals surface area contributed by atoms with Crippen molar-refractivity contribution in [1.29, 1.82) is 0 Å². The van der Waals surface area contributed by atoms with E-state index in [-0.39, 0.29) is 28.3 Å². The smallest absolute Gasteiger partial charge is 0.162 e. The second-order valence-electron chi connectivity index (χ2n) is 12.7. The number of hydrogen-bond donors (Lipinski definition) is 0. The third kappa shape index (κ3) is 5.78. The Morgan fingerprint density at radius 1 is 0.821 bits per heavy atom. The van der Waals surface area contributed by atoms with E-state index in [0.29, 0.717) is 32.6 Å². The predicted molar refractivity (Wildman–Crippen MR) is 156 cm³/mol. The van der Waals surface area contributed by atoms with Gasteiger partial charge in [0.05, 0.1) is 6.61 Å². The van der Waals surface area contributed by atoms with E-state index >= 15 is 0 Å². The van der Waals surface area contributed by atoms with Gasteiger partial charge in [0, 0.05) is 59.4 Å². The van der Waals surface area contributed by atoms with Crippen LogP contribution in [-0.4, -0.2) is 36.7 Å². The summed E-state index contributed by atoms with van der Waals surface area (Å²) in [6.45, 7) is 10.3. The second-order valence-corrected chi connectivity index (χ2v) is 13.6. The lowest BCUT2D eigenvalue weighted by molar-refractivity contribution is -0.119. The normalized spacial score (nSPS) is 20.7. The zero-order chi connectivity index (χ0) is 27.9. The van der Waals surface area contributed by atoms with E-state index < -0.39 is 0 Å². The Morgan fingerprint density at radius 3 is 1.87 bits per heavy atom. The van der Waals surface area contributed by atoms with E-state index in [1.165, 1.54) is 0 Å². The highest BCUT2D eigenvalue weighted by Crippen LogP contribution is 2.54. The van der Waals surface area contributed by atoms with E-state index in [1.54, 1.807) is 7.11 Å². The Kier molecular flexibility index (Phi) is 7.64. The Labute approximate surface area is 240 Å². The van der Waals surface area contributed by atoms with Crippen LogP contribution in [0.5, 0.6) is 5.75 Å². The monoisotopic (exact) mass is 591 g/mol. The lowest BCUT2D eigenvalue weighted by Gasteiger charge is -2.49. The van der Waals surface area contributed by atoms with Crippen LogP contribution in [0.4, 0.5) is 0 Å². The first-order chi connectivity index (χ1) is 18.5. The maximum absolute atomic E-state index is 13.8. The summed E-state index contributed by atoms with van der Waals surface area (Å²) < 4.78 is 12.6. The van der Waals surface area contributed by atoms with Gasteiger partial charge < -0.3 is 14.4 Å². The molecule has 0 amide bonds. The molecule has 0 fully saturated rings. The average Bonchev–Trinajstić information content (AvgIpc) is 2.86. The average molecular weight is 593 g/mol. The fraction of sp³-hybridized carbons (Fsp3) is 0.455. The molecular weight excluding hydrogens is 554 g/mol. The number of allylic oxidation sites excluding steroid dienone is 4. The van der Waals surface area contributed by atoms with Gasteiger partial charge in [0.25, 0.3) is 0 Å². The molecule has 0 aromatic heterocycles. The molecule has 2 aromatic rings. The Hall–Kier alpha value is -2.70. The zero-order valence-corrected chi connectivity index (χ0v) is 25.2. The van der Waals surface area contributed by atoms with Gasteiger partial charge in [-0.1, -0.05) is 67.9 Å². The number of benzene rings is 2. The molecule has 1 aliphatic heterocycles. The van der Waals surface area contributed by atoms with Crippen LogP contribution in [0.2, 0.25) is 0 Å². The second kappa shape index (κ2) is 10.7. The van der Waals surface area contributed by atoms with E-state index in [4.69, 9.17) is 9.47 Å². The number of rotatable bonds is 7. The minimum Gasteiger partial charge on any atom is -0.489 e. The van der Waals surface area contributed by atoms with Gasteiger partial charge in [0.1, 0.15) is 12.4 Å². The number of hydrogen-bond acceptors (Lipinski definition) is 5. The highest BCUT2D eigenvalue weighted by molar-refractivity contribution is 9.10. The molecule has 39 heavy (non-hydrogen) atoms. The van der Waals surface area contributed by atoms with E-state index in [0.717, 1.165) is 56.7 Å². The van der Waals surface area contributed by atoms with E-state index in [2.05, 4.69) is 48.5 Å². The van der Waals surface area contributed by atoms with Gasteiger partial charge in [-0.3, -0.25) is 9.59 Å². The minimum absolute atomic E-state index is 0.136. The van der Waals surface area contributed by atoms with Crippen LogP contribution < -0.4 is 4.74 Å². The molecule has 5 nitrogen and oxygen atoms in total. The number of carbonyl (C=O) groups excluding carboxylic acids is 2. The van der Waals surface area contributed by atoms with Crippen LogP contribution >= 0.6 is 15.9 Å². The lowest BCUT2D eigenvalue weighted by atomic mass is 9.63. The highest BCUT2D eigenvalue weighted by atomic mass is 79.9. The van der Waals surface area contributed by atoms with Crippen molar-refractivity contribution in [1.82, 2.24) is 4.90 Å². The molecule has 206 valence electrons.